The normalized spacial score (nSPS) is 12.3. The van der Waals surface area contributed by atoms with E-state index in [4.69, 9.17) is 10.00 Å². The van der Waals surface area contributed by atoms with Crippen LogP contribution in [0, 0.1) is 11.3 Å². The SMILES string of the molecule is CC(CCC#N)N(Cc1ccccc1)C(=O)OC(C)(C)C. The van der Waals surface area contributed by atoms with Crippen molar-refractivity contribution >= 4 is 6.09 Å². The highest BCUT2D eigenvalue weighted by molar-refractivity contribution is 5.68. The van der Waals surface area contributed by atoms with Crippen molar-refractivity contribution in [3.63, 3.8) is 0 Å². The molecule has 1 aromatic rings. The first-order chi connectivity index (χ1) is 9.83. The van der Waals surface area contributed by atoms with Crippen molar-refractivity contribution in [3.8, 4) is 6.07 Å². The summed E-state index contributed by atoms with van der Waals surface area (Å²) in [6.45, 7) is 8.00. The van der Waals surface area contributed by atoms with Crippen LogP contribution in [-0.2, 0) is 11.3 Å². The van der Waals surface area contributed by atoms with Crippen LogP contribution in [0.15, 0.2) is 30.3 Å². The molecule has 0 saturated heterocycles. The molecular weight excluding hydrogens is 264 g/mol. The summed E-state index contributed by atoms with van der Waals surface area (Å²) in [5.41, 5.74) is 0.521. The molecule has 4 heteroatoms. The fourth-order valence-corrected chi connectivity index (χ4v) is 1.93. The van der Waals surface area contributed by atoms with Crippen molar-refractivity contribution in [1.29, 1.82) is 5.26 Å². The van der Waals surface area contributed by atoms with Gasteiger partial charge in [-0.3, -0.25) is 0 Å². The largest absolute Gasteiger partial charge is 0.444 e. The summed E-state index contributed by atoms with van der Waals surface area (Å²) < 4.78 is 5.48. The average molecular weight is 288 g/mol. The Morgan fingerprint density at radius 2 is 1.95 bits per heavy atom. The minimum absolute atomic E-state index is 0.0419. The monoisotopic (exact) mass is 288 g/mol. The molecule has 1 amide bonds. The highest BCUT2D eigenvalue weighted by atomic mass is 16.6. The van der Waals surface area contributed by atoms with E-state index in [2.05, 4.69) is 6.07 Å². The molecule has 1 atom stereocenters. The van der Waals surface area contributed by atoms with Crippen molar-refractivity contribution in [1.82, 2.24) is 4.90 Å². The van der Waals surface area contributed by atoms with E-state index in [0.29, 0.717) is 19.4 Å². The number of ether oxygens (including phenoxy) is 1. The lowest BCUT2D eigenvalue weighted by atomic mass is 10.1. The smallest absolute Gasteiger partial charge is 0.410 e. The number of carbonyl (C=O) groups excluding carboxylic acids is 1. The number of nitriles is 1. The molecule has 21 heavy (non-hydrogen) atoms. The fraction of sp³-hybridized carbons (Fsp3) is 0.529. The maximum atomic E-state index is 12.4. The van der Waals surface area contributed by atoms with Crippen LogP contribution >= 0.6 is 0 Å². The third-order valence-electron chi connectivity index (χ3n) is 3.03. The van der Waals surface area contributed by atoms with E-state index in [0.717, 1.165) is 5.56 Å². The zero-order valence-corrected chi connectivity index (χ0v) is 13.3. The molecule has 0 fully saturated rings. The number of rotatable bonds is 5. The van der Waals surface area contributed by atoms with Crippen LogP contribution in [0.3, 0.4) is 0 Å². The Kier molecular flexibility index (Phi) is 6.23. The van der Waals surface area contributed by atoms with E-state index in [-0.39, 0.29) is 12.1 Å². The second-order valence-corrected chi connectivity index (χ2v) is 6.14. The van der Waals surface area contributed by atoms with Gasteiger partial charge in [0.05, 0.1) is 6.07 Å². The van der Waals surface area contributed by atoms with Gasteiger partial charge in [0.15, 0.2) is 0 Å². The predicted octanol–water partition coefficient (Wildman–Crippen LogP) is 4.12. The van der Waals surface area contributed by atoms with Gasteiger partial charge < -0.3 is 9.64 Å². The Morgan fingerprint density at radius 1 is 1.33 bits per heavy atom. The van der Waals surface area contributed by atoms with E-state index in [1.54, 1.807) is 4.90 Å². The summed E-state index contributed by atoms with van der Waals surface area (Å²) in [6.07, 6.45) is 0.731. The first-order valence-electron chi connectivity index (χ1n) is 7.24. The molecule has 0 heterocycles. The number of benzene rings is 1. The van der Waals surface area contributed by atoms with Crippen LogP contribution in [0.4, 0.5) is 4.79 Å². The lowest BCUT2D eigenvalue weighted by Gasteiger charge is -2.31. The van der Waals surface area contributed by atoms with Gasteiger partial charge in [-0.25, -0.2) is 4.79 Å². The molecule has 1 rings (SSSR count). The van der Waals surface area contributed by atoms with Crippen LogP contribution in [0.1, 0.15) is 46.1 Å². The molecule has 0 aliphatic rings. The first kappa shape index (κ1) is 17.0. The fourth-order valence-electron chi connectivity index (χ4n) is 1.93. The standard InChI is InChI=1S/C17H24N2O2/c1-14(9-8-12-18)19(16(20)21-17(2,3)4)13-15-10-6-5-7-11-15/h5-7,10-11,14H,8-9,13H2,1-4H3. The Bertz CT molecular complexity index is 486. The molecular formula is C17H24N2O2. The molecule has 0 saturated carbocycles. The van der Waals surface area contributed by atoms with Crippen molar-refractivity contribution in [2.75, 3.05) is 0 Å². The summed E-state index contributed by atoms with van der Waals surface area (Å²) in [4.78, 5) is 14.1. The Hall–Kier alpha value is -2.02. The minimum atomic E-state index is -0.527. The predicted molar refractivity (Wildman–Crippen MR) is 82.5 cm³/mol. The Balaban J connectivity index is 2.84. The maximum Gasteiger partial charge on any atom is 0.410 e. The quantitative estimate of drug-likeness (QED) is 0.819. The van der Waals surface area contributed by atoms with Gasteiger partial charge in [-0.05, 0) is 39.7 Å². The van der Waals surface area contributed by atoms with Gasteiger partial charge in [0, 0.05) is 19.0 Å². The second kappa shape index (κ2) is 7.68. The lowest BCUT2D eigenvalue weighted by Crippen LogP contribution is -2.41. The Labute approximate surface area is 127 Å². The van der Waals surface area contributed by atoms with Gasteiger partial charge >= 0.3 is 6.09 Å². The molecule has 0 aliphatic carbocycles. The van der Waals surface area contributed by atoms with Gasteiger partial charge in [0.2, 0.25) is 0 Å². The van der Waals surface area contributed by atoms with Gasteiger partial charge in [0.1, 0.15) is 5.60 Å². The summed E-state index contributed by atoms with van der Waals surface area (Å²) in [6, 6.07) is 11.9. The van der Waals surface area contributed by atoms with Gasteiger partial charge in [-0.15, -0.1) is 0 Å². The number of hydrogen-bond acceptors (Lipinski definition) is 3. The van der Waals surface area contributed by atoms with Crippen molar-refractivity contribution in [2.45, 2.75) is 58.7 Å². The van der Waals surface area contributed by atoms with Crippen molar-refractivity contribution in [2.24, 2.45) is 0 Å². The minimum Gasteiger partial charge on any atom is -0.444 e. The molecule has 0 bridgehead atoms. The number of hydrogen-bond donors (Lipinski definition) is 0. The zero-order chi connectivity index (χ0) is 15.9. The summed E-state index contributed by atoms with van der Waals surface area (Å²) in [5.74, 6) is 0. The third-order valence-corrected chi connectivity index (χ3v) is 3.03. The zero-order valence-electron chi connectivity index (χ0n) is 13.3. The molecule has 1 unspecified atom stereocenters. The molecule has 0 N–H and O–H groups in total. The maximum absolute atomic E-state index is 12.4. The van der Waals surface area contributed by atoms with Crippen LogP contribution in [0.2, 0.25) is 0 Å². The summed E-state index contributed by atoms with van der Waals surface area (Å²) in [5, 5.41) is 8.73. The van der Waals surface area contributed by atoms with Crippen LogP contribution in [-0.4, -0.2) is 22.6 Å². The number of amides is 1. The molecule has 114 valence electrons. The van der Waals surface area contributed by atoms with E-state index >= 15 is 0 Å². The van der Waals surface area contributed by atoms with Gasteiger partial charge in [0.25, 0.3) is 0 Å². The average Bonchev–Trinajstić information content (AvgIpc) is 2.41. The second-order valence-electron chi connectivity index (χ2n) is 6.14. The Morgan fingerprint density at radius 3 is 2.48 bits per heavy atom. The van der Waals surface area contributed by atoms with Crippen LogP contribution in [0.25, 0.3) is 0 Å². The lowest BCUT2D eigenvalue weighted by molar-refractivity contribution is 0.0149. The molecule has 1 aromatic carbocycles. The van der Waals surface area contributed by atoms with E-state index in [1.165, 1.54) is 0 Å². The number of carbonyl (C=O) groups is 1. The third kappa shape index (κ3) is 6.31. The van der Waals surface area contributed by atoms with Crippen LogP contribution in [0.5, 0.6) is 0 Å². The highest BCUT2D eigenvalue weighted by Gasteiger charge is 2.25. The number of nitrogens with zero attached hydrogens (tertiary/aromatic N) is 2. The molecule has 0 aliphatic heterocycles. The van der Waals surface area contributed by atoms with Gasteiger partial charge in [-0.1, -0.05) is 30.3 Å². The van der Waals surface area contributed by atoms with Crippen molar-refractivity contribution < 1.29 is 9.53 Å². The molecule has 0 radical (unpaired) electrons. The summed E-state index contributed by atoms with van der Waals surface area (Å²) >= 11 is 0. The van der Waals surface area contributed by atoms with E-state index in [9.17, 15) is 4.79 Å². The summed E-state index contributed by atoms with van der Waals surface area (Å²) in [7, 11) is 0. The molecule has 0 aromatic heterocycles. The highest BCUT2D eigenvalue weighted by Crippen LogP contribution is 2.17. The van der Waals surface area contributed by atoms with Crippen molar-refractivity contribution in [3.05, 3.63) is 35.9 Å². The molecule has 0 spiro atoms. The molecule has 4 nitrogen and oxygen atoms in total. The van der Waals surface area contributed by atoms with Gasteiger partial charge in [-0.2, -0.15) is 5.26 Å². The van der Waals surface area contributed by atoms with E-state index < -0.39 is 5.60 Å². The topological polar surface area (TPSA) is 53.3 Å². The first-order valence-corrected chi connectivity index (χ1v) is 7.24. The van der Waals surface area contributed by atoms with E-state index in [1.807, 2.05) is 58.0 Å². The van der Waals surface area contributed by atoms with Crippen LogP contribution < -0.4 is 0 Å².